The van der Waals surface area contributed by atoms with Crippen LogP contribution < -0.4 is 11.3 Å². The number of pyridine rings is 2. The average molecular weight is 651 g/mol. The van der Waals surface area contributed by atoms with Gasteiger partial charge in [-0.1, -0.05) is 92.0 Å². The van der Waals surface area contributed by atoms with Crippen LogP contribution in [0.4, 0.5) is 0 Å². The van der Waals surface area contributed by atoms with Crippen molar-refractivity contribution in [1.29, 1.82) is 0 Å². The number of amides is 1. The van der Waals surface area contributed by atoms with Gasteiger partial charge in [0.2, 0.25) is 6.41 Å². The highest BCUT2D eigenvalue weighted by Crippen LogP contribution is 2.31. The van der Waals surface area contributed by atoms with E-state index in [1.165, 1.54) is 10.8 Å². The summed E-state index contributed by atoms with van der Waals surface area (Å²) in [5.74, 6) is 4.41. The first-order chi connectivity index (χ1) is 18.5. The molecule has 1 amide bonds. The Morgan fingerprint density at radius 3 is 2.05 bits per heavy atom. The first-order valence-corrected chi connectivity index (χ1v) is 13.3. The van der Waals surface area contributed by atoms with Gasteiger partial charge in [0.15, 0.2) is 5.65 Å². The maximum absolute atomic E-state index is 8.94. The van der Waals surface area contributed by atoms with E-state index in [1.54, 1.807) is 11.8 Å². The molecule has 7 nitrogen and oxygen atoms in total. The molecule has 0 unspecified atom stereocenters. The van der Waals surface area contributed by atoms with Gasteiger partial charge in [-0.3, -0.25) is 14.6 Å². The van der Waals surface area contributed by atoms with E-state index in [-0.39, 0.29) is 0 Å². The fourth-order valence-electron chi connectivity index (χ4n) is 4.33. The number of carbonyl (C=O) groups is 1. The molecule has 0 saturated heterocycles. The Balaban J connectivity index is 0.000000137. The zero-order chi connectivity index (χ0) is 26.6. The van der Waals surface area contributed by atoms with Crippen LogP contribution in [0, 0.1) is 0 Å². The fourth-order valence-corrected chi connectivity index (χ4v) is 5.31. The van der Waals surface area contributed by atoms with Crippen LogP contribution in [0.25, 0.3) is 49.0 Å². The molecule has 0 saturated carbocycles. The lowest BCUT2D eigenvalue weighted by Gasteiger charge is -2.07. The number of rotatable bonds is 1. The fraction of sp³-hybridized carbons (Fsp3) is 0. The van der Waals surface area contributed by atoms with Gasteiger partial charge < -0.3 is 0 Å². The lowest BCUT2D eigenvalue weighted by Crippen LogP contribution is -2.18. The normalized spacial score (nSPS) is 10.7. The summed E-state index contributed by atoms with van der Waals surface area (Å²) in [6.45, 7) is 0. The van der Waals surface area contributed by atoms with E-state index in [0.29, 0.717) is 11.6 Å². The quantitative estimate of drug-likeness (QED) is 0.0489. The van der Waals surface area contributed by atoms with Crippen molar-refractivity contribution in [3.63, 3.8) is 0 Å². The van der Waals surface area contributed by atoms with Crippen molar-refractivity contribution in [3.8, 4) is 0 Å². The number of benzene rings is 4. The smallest absolute Gasteiger partial charge is 0.221 e. The molecule has 188 valence electrons. The van der Waals surface area contributed by atoms with Gasteiger partial charge in [-0.2, -0.15) is 0 Å². The van der Waals surface area contributed by atoms with Crippen LogP contribution in [0.3, 0.4) is 0 Å². The molecule has 0 fully saturated rings. The molecule has 0 aliphatic heterocycles. The van der Waals surface area contributed by atoms with Crippen molar-refractivity contribution in [3.05, 3.63) is 105 Å². The maximum Gasteiger partial charge on any atom is 0.221 e. The van der Waals surface area contributed by atoms with Crippen LogP contribution in [-0.4, -0.2) is 26.0 Å². The molecule has 4 aromatic carbocycles. The summed E-state index contributed by atoms with van der Waals surface area (Å²) in [6, 6.07) is 28.6. The largest absolute Gasteiger partial charge is 0.297 e. The second-order valence-corrected chi connectivity index (χ2v) is 10.3. The summed E-state index contributed by atoms with van der Waals surface area (Å²) in [7, 11) is 0. The molecule has 0 atom stereocenters. The summed E-state index contributed by atoms with van der Waals surface area (Å²) in [6.07, 6.45) is 2.16. The molecule has 3 N–H and O–H groups in total. The van der Waals surface area contributed by atoms with Crippen LogP contribution >= 0.6 is 43.5 Å². The highest BCUT2D eigenvalue weighted by atomic mass is 79.9. The molecule has 0 aliphatic carbocycles. The number of nitrogens with one attached hydrogen (secondary N) is 1. The highest BCUT2D eigenvalue weighted by molar-refractivity contribution is 9.10. The van der Waals surface area contributed by atoms with Crippen LogP contribution in [0.5, 0.6) is 0 Å². The number of halogens is 3. The van der Waals surface area contributed by atoms with Gasteiger partial charge in [0.1, 0.15) is 11.5 Å². The molecule has 7 aromatic rings. The van der Waals surface area contributed by atoms with Gasteiger partial charge in [0, 0.05) is 30.5 Å². The molecule has 38 heavy (non-hydrogen) atoms. The zero-order valence-electron chi connectivity index (χ0n) is 19.6. The number of hydrogen-bond acceptors (Lipinski definition) is 5. The molecule has 0 spiro atoms. The van der Waals surface area contributed by atoms with Crippen molar-refractivity contribution in [2.24, 2.45) is 5.84 Å². The van der Waals surface area contributed by atoms with Crippen molar-refractivity contribution < 1.29 is 4.79 Å². The Morgan fingerprint density at radius 2 is 1.37 bits per heavy atom. The Hall–Kier alpha value is -3.63. The molecule has 0 radical (unpaired) electrons. The van der Waals surface area contributed by atoms with Crippen molar-refractivity contribution in [2.45, 2.75) is 0 Å². The minimum Gasteiger partial charge on any atom is -0.297 e. The van der Waals surface area contributed by atoms with Gasteiger partial charge in [0.25, 0.3) is 0 Å². The van der Waals surface area contributed by atoms with Crippen LogP contribution in [-0.2, 0) is 4.79 Å². The Morgan fingerprint density at radius 1 is 0.789 bits per heavy atom. The van der Waals surface area contributed by atoms with Gasteiger partial charge >= 0.3 is 0 Å². The van der Waals surface area contributed by atoms with Crippen LogP contribution in [0.1, 0.15) is 0 Å². The summed E-state index contributed by atoms with van der Waals surface area (Å²) >= 11 is 13.2. The third kappa shape index (κ3) is 5.06. The van der Waals surface area contributed by atoms with E-state index in [0.717, 1.165) is 47.2 Å². The monoisotopic (exact) mass is 648 g/mol. The predicted molar refractivity (Wildman–Crippen MR) is 161 cm³/mol. The number of nitrogens with two attached hydrogens (primary N) is 1. The number of nitrogens with zero attached hydrogens (tertiary/aromatic N) is 4. The SMILES string of the molecule is Brc1ccc2c(c1)c1ccccc1c1nncn21.Clc1nc2ccc(Br)cc2c2ccccc12.NNC=O. The van der Waals surface area contributed by atoms with Gasteiger partial charge in [-0.15, -0.1) is 10.2 Å². The molecule has 10 heteroatoms. The van der Waals surface area contributed by atoms with E-state index in [2.05, 4.69) is 95.3 Å². The lowest BCUT2D eigenvalue weighted by atomic mass is 10.1. The van der Waals surface area contributed by atoms with Crippen molar-refractivity contribution in [2.75, 3.05) is 0 Å². The predicted octanol–water partition coefficient (Wildman–Crippen LogP) is 7.21. The topological polar surface area (TPSA) is 98.2 Å². The number of fused-ring (bicyclic) bond motifs is 9. The Kier molecular flexibility index (Phi) is 7.80. The van der Waals surface area contributed by atoms with Gasteiger partial charge in [-0.05, 0) is 47.2 Å². The molecule has 3 heterocycles. The Labute approximate surface area is 238 Å². The van der Waals surface area contributed by atoms with E-state index in [4.69, 9.17) is 16.4 Å². The first-order valence-electron chi connectivity index (χ1n) is 11.3. The minimum atomic E-state index is 0.403. The van der Waals surface area contributed by atoms with E-state index >= 15 is 0 Å². The van der Waals surface area contributed by atoms with E-state index < -0.39 is 0 Å². The Bertz CT molecular complexity index is 1940. The first kappa shape index (κ1) is 26.0. The maximum atomic E-state index is 8.94. The average Bonchev–Trinajstić information content (AvgIpc) is 3.45. The third-order valence-corrected chi connectivity index (χ3v) is 7.18. The van der Waals surface area contributed by atoms with E-state index in [9.17, 15) is 0 Å². The standard InChI is InChI=1S/C14H8BrN3.C13H7BrClN.CH4N2O/c15-9-5-6-13-12(7-9)10-3-1-2-4-11(10)14-17-16-8-18(13)14;14-8-5-6-12-11(7-8)9-3-1-2-4-10(9)13(15)16-12;2-3-1-4/h1-8H;1-7H;1H,2H2,(H,3,4). The van der Waals surface area contributed by atoms with Crippen LogP contribution in [0.15, 0.2) is 100 Å². The third-order valence-electron chi connectivity index (χ3n) is 5.91. The zero-order valence-corrected chi connectivity index (χ0v) is 23.6. The second kappa shape index (κ2) is 11.4. The van der Waals surface area contributed by atoms with Gasteiger partial charge in [0.05, 0.1) is 11.0 Å². The summed E-state index contributed by atoms with van der Waals surface area (Å²) < 4.78 is 4.16. The molecule has 3 aromatic heterocycles. The number of hydrogen-bond donors (Lipinski definition) is 2. The van der Waals surface area contributed by atoms with Gasteiger partial charge in [-0.25, -0.2) is 10.8 Å². The van der Waals surface area contributed by atoms with Crippen LogP contribution in [0.2, 0.25) is 5.15 Å². The molecule has 0 aliphatic rings. The molecule has 0 bridgehead atoms. The van der Waals surface area contributed by atoms with Crippen molar-refractivity contribution in [1.82, 2.24) is 25.0 Å². The number of hydrazine groups is 1. The minimum absolute atomic E-state index is 0.403. The van der Waals surface area contributed by atoms with Crippen molar-refractivity contribution >= 4 is 98.9 Å². The second-order valence-electron chi connectivity index (χ2n) is 8.13. The number of aromatic nitrogens is 4. The van der Waals surface area contributed by atoms with E-state index in [1.807, 2.05) is 46.9 Å². The molecule has 7 rings (SSSR count). The summed E-state index contributed by atoms with van der Waals surface area (Å²) in [5.41, 5.74) is 4.70. The summed E-state index contributed by atoms with van der Waals surface area (Å²) in [4.78, 5) is 13.3. The number of carbonyl (C=O) groups excluding carboxylic acids is 1. The molecular weight excluding hydrogens is 632 g/mol. The summed E-state index contributed by atoms with van der Waals surface area (Å²) in [5, 5.41) is 15.6. The molecular formula is C28H19Br2ClN6O. The lowest BCUT2D eigenvalue weighted by molar-refractivity contribution is -0.109. The highest BCUT2D eigenvalue weighted by Gasteiger charge is 2.09.